The van der Waals surface area contributed by atoms with Crippen LogP contribution in [0.1, 0.15) is 0 Å². The molecule has 0 fully saturated rings. The highest BCUT2D eigenvalue weighted by molar-refractivity contribution is 9.10. The summed E-state index contributed by atoms with van der Waals surface area (Å²) in [6, 6.07) is 14.1. The van der Waals surface area contributed by atoms with Gasteiger partial charge < -0.3 is 10.1 Å². The summed E-state index contributed by atoms with van der Waals surface area (Å²) in [7, 11) is 0. The van der Waals surface area contributed by atoms with Gasteiger partial charge in [-0.05, 0) is 47.2 Å². The van der Waals surface area contributed by atoms with Crippen molar-refractivity contribution >= 4 is 38.3 Å². The maximum absolute atomic E-state index is 13.5. The molecule has 3 aromatic rings. The van der Waals surface area contributed by atoms with Crippen molar-refractivity contribution in [2.45, 2.75) is 0 Å². The lowest BCUT2D eigenvalue weighted by molar-refractivity contribution is -0.118. The summed E-state index contributed by atoms with van der Waals surface area (Å²) in [4.78, 5) is 11.8. The first-order valence-electron chi connectivity index (χ1n) is 7.08. The third-order valence-electron chi connectivity index (χ3n) is 3.35. The molecule has 24 heavy (non-hydrogen) atoms. The molecule has 0 bridgehead atoms. The minimum absolute atomic E-state index is 0.216. The molecule has 0 heterocycles. The molecule has 0 spiro atoms. The minimum Gasteiger partial charge on any atom is -0.484 e. The van der Waals surface area contributed by atoms with Gasteiger partial charge >= 0.3 is 0 Å². The van der Waals surface area contributed by atoms with Crippen molar-refractivity contribution in [3.05, 3.63) is 70.7 Å². The molecule has 0 radical (unpaired) electrons. The first kappa shape index (κ1) is 16.4. The lowest BCUT2D eigenvalue weighted by atomic mass is 10.1. The van der Waals surface area contributed by atoms with E-state index in [9.17, 15) is 13.6 Å². The first-order chi connectivity index (χ1) is 11.5. The van der Waals surface area contributed by atoms with Crippen LogP contribution in [0.25, 0.3) is 10.8 Å². The molecule has 3 rings (SSSR count). The average molecular weight is 392 g/mol. The number of fused-ring (bicyclic) bond motifs is 1. The highest BCUT2D eigenvalue weighted by Gasteiger charge is 2.09. The van der Waals surface area contributed by atoms with Gasteiger partial charge in [-0.1, -0.05) is 28.1 Å². The van der Waals surface area contributed by atoms with E-state index in [1.807, 2.05) is 24.3 Å². The highest BCUT2D eigenvalue weighted by Crippen LogP contribution is 2.24. The standard InChI is InChI=1S/C18H12BrF2NO2/c19-13-3-1-12-8-15(5-2-11(12)7-13)24-10-18(23)22-17-9-14(20)4-6-16(17)21/h1-9H,10H2,(H,22,23). The van der Waals surface area contributed by atoms with Crippen molar-refractivity contribution < 1.29 is 18.3 Å². The van der Waals surface area contributed by atoms with Crippen molar-refractivity contribution in [3.8, 4) is 5.75 Å². The number of hydrogen-bond acceptors (Lipinski definition) is 2. The summed E-state index contributed by atoms with van der Waals surface area (Å²) in [5, 5.41) is 4.28. The Morgan fingerprint density at radius 1 is 1.00 bits per heavy atom. The maximum Gasteiger partial charge on any atom is 0.262 e. The zero-order chi connectivity index (χ0) is 17.1. The predicted octanol–water partition coefficient (Wildman–Crippen LogP) is 4.90. The largest absolute Gasteiger partial charge is 0.484 e. The fourth-order valence-corrected chi connectivity index (χ4v) is 2.59. The van der Waals surface area contributed by atoms with Crippen LogP contribution < -0.4 is 10.1 Å². The topological polar surface area (TPSA) is 38.3 Å². The average Bonchev–Trinajstić information content (AvgIpc) is 2.56. The van der Waals surface area contributed by atoms with Crippen LogP contribution in [0.15, 0.2) is 59.1 Å². The van der Waals surface area contributed by atoms with Gasteiger partial charge in [-0.2, -0.15) is 0 Å². The molecule has 0 saturated heterocycles. The number of halogens is 3. The van der Waals surface area contributed by atoms with Crippen molar-refractivity contribution in [1.82, 2.24) is 0 Å². The summed E-state index contributed by atoms with van der Waals surface area (Å²) >= 11 is 3.40. The zero-order valence-corrected chi connectivity index (χ0v) is 13.9. The van der Waals surface area contributed by atoms with E-state index in [2.05, 4.69) is 21.2 Å². The third-order valence-corrected chi connectivity index (χ3v) is 3.84. The molecule has 0 unspecified atom stereocenters. The third kappa shape index (κ3) is 3.89. The fraction of sp³-hybridized carbons (Fsp3) is 0.0556. The van der Waals surface area contributed by atoms with Gasteiger partial charge in [0.15, 0.2) is 6.61 Å². The van der Waals surface area contributed by atoms with E-state index < -0.39 is 17.5 Å². The van der Waals surface area contributed by atoms with Crippen LogP contribution in [0.2, 0.25) is 0 Å². The normalized spacial score (nSPS) is 10.6. The number of hydrogen-bond donors (Lipinski definition) is 1. The van der Waals surface area contributed by atoms with E-state index in [4.69, 9.17) is 4.74 Å². The van der Waals surface area contributed by atoms with Gasteiger partial charge in [0, 0.05) is 10.5 Å². The fourth-order valence-electron chi connectivity index (χ4n) is 2.21. The molecule has 0 atom stereocenters. The van der Waals surface area contributed by atoms with Crippen LogP contribution in [-0.4, -0.2) is 12.5 Å². The maximum atomic E-state index is 13.5. The van der Waals surface area contributed by atoms with Gasteiger partial charge in [0.1, 0.15) is 17.4 Å². The molecule has 0 aromatic heterocycles. The molecular weight excluding hydrogens is 380 g/mol. The summed E-state index contributed by atoms with van der Waals surface area (Å²) in [5.41, 5.74) is -0.216. The van der Waals surface area contributed by atoms with Crippen LogP contribution in [0.4, 0.5) is 14.5 Å². The molecule has 0 aliphatic carbocycles. The van der Waals surface area contributed by atoms with Crippen LogP contribution in [0, 0.1) is 11.6 Å². The smallest absolute Gasteiger partial charge is 0.262 e. The lowest BCUT2D eigenvalue weighted by Gasteiger charge is -2.09. The SMILES string of the molecule is O=C(COc1ccc2cc(Br)ccc2c1)Nc1cc(F)ccc1F. The molecule has 3 nitrogen and oxygen atoms in total. The molecule has 1 N–H and O–H groups in total. The van der Waals surface area contributed by atoms with Gasteiger partial charge in [0.25, 0.3) is 5.91 Å². The van der Waals surface area contributed by atoms with E-state index in [0.717, 1.165) is 33.4 Å². The Labute approximate surface area is 145 Å². The molecule has 122 valence electrons. The second-order valence-corrected chi connectivity index (χ2v) is 6.03. The quantitative estimate of drug-likeness (QED) is 0.686. The molecule has 0 aliphatic rings. The summed E-state index contributed by atoms with van der Waals surface area (Å²) in [6.07, 6.45) is 0. The Morgan fingerprint density at radius 2 is 1.75 bits per heavy atom. The van der Waals surface area contributed by atoms with Crippen molar-refractivity contribution in [3.63, 3.8) is 0 Å². The number of anilines is 1. The second kappa shape index (κ2) is 6.97. The van der Waals surface area contributed by atoms with Crippen LogP contribution in [0.5, 0.6) is 5.75 Å². The molecule has 0 aliphatic heterocycles. The van der Waals surface area contributed by atoms with Crippen LogP contribution >= 0.6 is 15.9 Å². The minimum atomic E-state index is -0.707. The number of carbonyl (C=O) groups excluding carboxylic acids is 1. The molecule has 0 saturated carbocycles. The number of nitrogens with one attached hydrogen (secondary N) is 1. The van der Waals surface area contributed by atoms with Gasteiger partial charge in [0.2, 0.25) is 0 Å². The predicted molar refractivity (Wildman–Crippen MR) is 92.1 cm³/mol. The summed E-state index contributed by atoms with van der Waals surface area (Å²) in [6.45, 7) is -0.308. The Bertz CT molecular complexity index is 915. The number of carbonyl (C=O) groups is 1. The number of amides is 1. The highest BCUT2D eigenvalue weighted by atomic mass is 79.9. The summed E-state index contributed by atoms with van der Waals surface area (Å²) < 4.78 is 32.9. The van der Waals surface area contributed by atoms with Gasteiger partial charge in [-0.3, -0.25) is 4.79 Å². The Morgan fingerprint density at radius 3 is 2.58 bits per heavy atom. The monoisotopic (exact) mass is 391 g/mol. The number of benzene rings is 3. The Hall–Kier alpha value is -2.47. The molecule has 1 amide bonds. The van der Waals surface area contributed by atoms with Crippen LogP contribution in [0.3, 0.4) is 0 Å². The van der Waals surface area contributed by atoms with E-state index >= 15 is 0 Å². The molecule has 6 heteroatoms. The van der Waals surface area contributed by atoms with Crippen molar-refractivity contribution in [1.29, 1.82) is 0 Å². The van der Waals surface area contributed by atoms with Crippen molar-refractivity contribution in [2.24, 2.45) is 0 Å². The van der Waals surface area contributed by atoms with Gasteiger partial charge in [-0.25, -0.2) is 8.78 Å². The Kier molecular flexibility index (Phi) is 4.76. The van der Waals surface area contributed by atoms with E-state index in [1.54, 1.807) is 12.1 Å². The van der Waals surface area contributed by atoms with Crippen LogP contribution in [-0.2, 0) is 4.79 Å². The second-order valence-electron chi connectivity index (χ2n) is 5.11. The van der Waals surface area contributed by atoms with E-state index in [-0.39, 0.29) is 12.3 Å². The van der Waals surface area contributed by atoms with Crippen molar-refractivity contribution in [2.75, 3.05) is 11.9 Å². The Balaban J connectivity index is 1.65. The molecule has 3 aromatic carbocycles. The summed E-state index contributed by atoms with van der Waals surface area (Å²) in [5.74, 6) is -1.40. The van der Waals surface area contributed by atoms with Gasteiger partial charge in [0.05, 0.1) is 5.69 Å². The van der Waals surface area contributed by atoms with Gasteiger partial charge in [-0.15, -0.1) is 0 Å². The number of rotatable bonds is 4. The van der Waals surface area contributed by atoms with E-state index in [1.165, 1.54) is 0 Å². The molecular formula is C18H12BrF2NO2. The first-order valence-corrected chi connectivity index (χ1v) is 7.87. The zero-order valence-electron chi connectivity index (χ0n) is 12.4. The number of ether oxygens (including phenoxy) is 1. The van der Waals surface area contributed by atoms with E-state index in [0.29, 0.717) is 5.75 Å². The lowest BCUT2D eigenvalue weighted by Crippen LogP contribution is -2.20.